The quantitative estimate of drug-likeness (QED) is 0.812. The third-order valence-corrected chi connectivity index (χ3v) is 3.57. The molecular formula is C11H14N2OS. The SMILES string of the molecule is CC(C)c1nc2c(CON)cccc2s1. The number of para-hydroxylation sites is 1. The van der Waals surface area contributed by atoms with Crippen LogP contribution in [0.1, 0.15) is 30.3 Å². The number of nitrogens with zero attached hydrogens (tertiary/aromatic N) is 1. The van der Waals surface area contributed by atoms with Gasteiger partial charge in [-0.1, -0.05) is 26.0 Å². The Labute approximate surface area is 92.8 Å². The van der Waals surface area contributed by atoms with Gasteiger partial charge in [0.25, 0.3) is 0 Å². The van der Waals surface area contributed by atoms with E-state index in [0.717, 1.165) is 16.1 Å². The first kappa shape index (κ1) is 10.5. The summed E-state index contributed by atoms with van der Waals surface area (Å²) in [5, 5.41) is 1.16. The number of aromatic nitrogens is 1. The van der Waals surface area contributed by atoms with Gasteiger partial charge in [-0.3, -0.25) is 4.84 Å². The maximum absolute atomic E-state index is 5.09. The number of hydrogen-bond donors (Lipinski definition) is 1. The molecule has 3 nitrogen and oxygen atoms in total. The second-order valence-electron chi connectivity index (χ2n) is 3.78. The molecule has 1 aromatic carbocycles. The molecule has 0 aliphatic heterocycles. The largest absolute Gasteiger partial charge is 0.300 e. The minimum Gasteiger partial charge on any atom is -0.300 e. The average Bonchev–Trinajstić information content (AvgIpc) is 2.63. The van der Waals surface area contributed by atoms with Crippen LogP contribution < -0.4 is 5.90 Å². The molecule has 0 spiro atoms. The molecule has 0 amide bonds. The van der Waals surface area contributed by atoms with Gasteiger partial charge in [0.2, 0.25) is 0 Å². The van der Waals surface area contributed by atoms with Crippen molar-refractivity contribution in [3.05, 3.63) is 28.8 Å². The minimum absolute atomic E-state index is 0.415. The summed E-state index contributed by atoms with van der Waals surface area (Å²) in [4.78, 5) is 9.28. The fourth-order valence-electron chi connectivity index (χ4n) is 1.48. The molecule has 1 heterocycles. The van der Waals surface area contributed by atoms with E-state index in [4.69, 9.17) is 5.90 Å². The predicted octanol–water partition coefficient (Wildman–Crippen LogP) is 2.81. The lowest BCUT2D eigenvalue weighted by molar-refractivity contribution is 0.125. The highest BCUT2D eigenvalue weighted by Gasteiger charge is 2.09. The molecule has 2 aromatic rings. The molecule has 2 rings (SSSR count). The van der Waals surface area contributed by atoms with Crippen LogP contribution in [0.5, 0.6) is 0 Å². The van der Waals surface area contributed by atoms with Gasteiger partial charge in [0.05, 0.1) is 21.8 Å². The normalized spacial score (nSPS) is 11.5. The summed E-state index contributed by atoms with van der Waals surface area (Å²) < 4.78 is 1.20. The molecule has 0 fully saturated rings. The number of nitrogens with two attached hydrogens (primary N) is 1. The third kappa shape index (κ3) is 2.02. The van der Waals surface area contributed by atoms with Gasteiger partial charge in [0.15, 0.2) is 0 Å². The van der Waals surface area contributed by atoms with E-state index in [1.807, 2.05) is 12.1 Å². The molecule has 0 radical (unpaired) electrons. The Morgan fingerprint density at radius 2 is 2.27 bits per heavy atom. The molecular weight excluding hydrogens is 208 g/mol. The van der Waals surface area contributed by atoms with Crippen molar-refractivity contribution in [1.29, 1.82) is 0 Å². The van der Waals surface area contributed by atoms with Gasteiger partial charge in [-0.05, 0) is 6.07 Å². The Morgan fingerprint density at radius 3 is 2.93 bits per heavy atom. The van der Waals surface area contributed by atoms with E-state index in [9.17, 15) is 0 Å². The van der Waals surface area contributed by atoms with Gasteiger partial charge < -0.3 is 0 Å². The maximum Gasteiger partial charge on any atom is 0.0964 e. The van der Waals surface area contributed by atoms with Crippen LogP contribution in [0.15, 0.2) is 18.2 Å². The zero-order valence-electron chi connectivity index (χ0n) is 8.86. The molecule has 0 bridgehead atoms. The van der Waals surface area contributed by atoms with Crippen LogP contribution in [0.2, 0.25) is 0 Å². The summed E-state index contributed by atoms with van der Waals surface area (Å²) in [7, 11) is 0. The molecule has 1 aromatic heterocycles. The molecule has 15 heavy (non-hydrogen) atoms. The molecule has 0 saturated heterocycles. The van der Waals surface area contributed by atoms with Gasteiger partial charge in [-0.15, -0.1) is 11.3 Å². The molecule has 0 aliphatic carbocycles. The first-order valence-corrected chi connectivity index (χ1v) is 5.74. The first-order chi connectivity index (χ1) is 7.22. The fourth-order valence-corrected chi connectivity index (χ4v) is 2.49. The number of rotatable bonds is 3. The van der Waals surface area contributed by atoms with Gasteiger partial charge >= 0.3 is 0 Å². The summed E-state index contributed by atoms with van der Waals surface area (Å²) in [6.07, 6.45) is 0. The number of benzene rings is 1. The van der Waals surface area contributed by atoms with Crippen LogP contribution in [-0.4, -0.2) is 4.98 Å². The van der Waals surface area contributed by atoms with Crippen LogP contribution in [0, 0.1) is 0 Å². The van der Waals surface area contributed by atoms with Crippen LogP contribution in [-0.2, 0) is 11.4 Å². The Kier molecular flexibility index (Phi) is 3.00. The second kappa shape index (κ2) is 4.26. The molecule has 2 N–H and O–H groups in total. The topological polar surface area (TPSA) is 48.1 Å². The Hall–Kier alpha value is -0.970. The summed E-state index contributed by atoms with van der Waals surface area (Å²) in [5.41, 5.74) is 2.08. The average molecular weight is 222 g/mol. The highest BCUT2D eigenvalue weighted by Crippen LogP contribution is 2.29. The Balaban J connectivity index is 2.54. The van der Waals surface area contributed by atoms with Crippen LogP contribution >= 0.6 is 11.3 Å². The van der Waals surface area contributed by atoms with E-state index in [1.165, 1.54) is 4.70 Å². The first-order valence-electron chi connectivity index (χ1n) is 4.92. The number of fused-ring (bicyclic) bond motifs is 1. The van der Waals surface area contributed by atoms with Crippen LogP contribution in [0.4, 0.5) is 0 Å². The molecule has 80 valence electrons. The predicted molar refractivity (Wildman–Crippen MR) is 62.7 cm³/mol. The Morgan fingerprint density at radius 1 is 1.47 bits per heavy atom. The van der Waals surface area contributed by atoms with Crippen molar-refractivity contribution in [2.24, 2.45) is 5.90 Å². The van der Waals surface area contributed by atoms with Gasteiger partial charge in [0.1, 0.15) is 0 Å². The van der Waals surface area contributed by atoms with Crippen molar-refractivity contribution in [1.82, 2.24) is 4.98 Å². The van der Waals surface area contributed by atoms with Crippen molar-refractivity contribution in [2.75, 3.05) is 0 Å². The van der Waals surface area contributed by atoms with Crippen molar-refractivity contribution < 1.29 is 4.84 Å². The molecule has 0 atom stereocenters. The van der Waals surface area contributed by atoms with Crippen molar-refractivity contribution in [3.8, 4) is 0 Å². The summed E-state index contributed by atoms with van der Waals surface area (Å²) in [6.45, 7) is 4.71. The smallest absolute Gasteiger partial charge is 0.0964 e. The van der Waals surface area contributed by atoms with E-state index in [2.05, 4.69) is 29.7 Å². The van der Waals surface area contributed by atoms with Crippen molar-refractivity contribution in [3.63, 3.8) is 0 Å². The van der Waals surface area contributed by atoms with Gasteiger partial charge in [-0.2, -0.15) is 0 Å². The zero-order chi connectivity index (χ0) is 10.8. The highest BCUT2D eigenvalue weighted by molar-refractivity contribution is 7.18. The van der Waals surface area contributed by atoms with Crippen molar-refractivity contribution >= 4 is 21.6 Å². The minimum atomic E-state index is 0.415. The van der Waals surface area contributed by atoms with Gasteiger partial charge in [-0.25, -0.2) is 10.9 Å². The van der Waals surface area contributed by atoms with Gasteiger partial charge in [0, 0.05) is 11.5 Å². The van der Waals surface area contributed by atoms with E-state index in [-0.39, 0.29) is 0 Å². The standard InChI is InChI=1S/C11H14N2OS/c1-7(2)11-13-10-8(6-14-12)4-3-5-9(10)15-11/h3-5,7H,6,12H2,1-2H3. The molecule has 4 heteroatoms. The summed E-state index contributed by atoms with van der Waals surface area (Å²) >= 11 is 1.74. The lowest BCUT2D eigenvalue weighted by atomic mass is 10.2. The van der Waals surface area contributed by atoms with E-state index in [1.54, 1.807) is 11.3 Å². The van der Waals surface area contributed by atoms with E-state index < -0.39 is 0 Å². The summed E-state index contributed by atoms with van der Waals surface area (Å²) in [6, 6.07) is 6.09. The maximum atomic E-state index is 5.09. The molecule has 0 aliphatic rings. The zero-order valence-corrected chi connectivity index (χ0v) is 9.67. The number of thiazole rings is 1. The lowest BCUT2D eigenvalue weighted by Crippen LogP contribution is -1.99. The molecule has 0 unspecified atom stereocenters. The highest BCUT2D eigenvalue weighted by atomic mass is 32.1. The second-order valence-corrected chi connectivity index (χ2v) is 4.84. The summed E-state index contributed by atoms with van der Waals surface area (Å²) in [5.74, 6) is 5.56. The van der Waals surface area contributed by atoms with Crippen LogP contribution in [0.3, 0.4) is 0 Å². The van der Waals surface area contributed by atoms with Crippen LogP contribution in [0.25, 0.3) is 10.2 Å². The van der Waals surface area contributed by atoms with E-state index >= 15 is 0 Å². The van der Waals surface area contributed by atoms with Crippen molar-refractivity contribution in [2.45, 2.75) is 26.4 Å². The van der Waals surface area contributed by atoms with E-state index in [0.29, 0.717) is 12.5 Å². The fraction of sp³-hybridized carbons (Fsp3) is 0.364. The lowest BCUT2D eigenvalue weighted by Gasteiger charge is -1.99. The number of hydrogen-bond acceptors (Lipinski definition) is 4. The monoisotopic (exact) mass is 222 g/mol. The Bertz CT molecular complexity index is 465. The molecule has 0 saturated carbocycles. The third-order valence-electron chi connectivity index (χ3n) is 2.25.